The van der Waals surface area contributed by atoms with Crippen LogP contribution in [-0.4, -0.2) is 22.6 Å². The van der Waals surface area contributed by atoms with Crippen LogP contribution in [0.3, 0.4) is 0 Å². The quantitative estimate of drug-likeness (QED) is 0.763. The van der Waals surface area contributed by atoms with E-state index in [1.54, 1.807) is 0 Å². The second-order valence-corrected chi connectivity index (χ2v) is 5.94. The van der Waals surface area contributed by atoms with Gasteiger partial charge >= 0.3 is 0 Å². The Kier molecular flexibility index (Phi) is 4.68. The Hall–Kier alpha value is -2.25. The Balaban J connectivity index is 1.58. The maximum atomic E-state index is 13.6. The molecule has 1 amide bonds. The molecule has 5 nitrogen and oxygen atoms in total. The predicted octanol–water partition coefficient (Wildman–Crippen LogP) is 3.56. The molecular weight excluding hydrogens is 341 g/mol. The highest BCUT2D eigenvalue weighted by Gasteiger charge is 2.16. The molecule has 118 valence electrons. The Bertz CT molecular complexity index is 800. The Morgan fingerprint density at radius 1 is 1.30 bits per heavy atom. The van der Waals surface area contributed by atoms with Crippen LogP contribution >= 0.6 is 22.9 Å². The third-order valence-corrected chi connectivity index (χ3v) is 4.19. The highest BCUT2D eigenvalue weighted by molar-refractivity contribution is 7.13. The molecule has 1 N–H and O–H groups in total. The summed E-state index contributed by atoms with van der Waals surface area (Å²) in [6.45, 7) is 0.232. The van der Waals surface area contributed by atoms with Gasteiger partial charge in [-0.2, -0.15) is 0 Å². The van der Waals surface area contributed by atoms with Crippen LogP contribution < -0.4 is 5.32 Å². The van der Waals surface area contributed by atoms with Crippen molar-refractivity contribution in [3.8, 4) is 10.8 Å². The van der Waals surface area contributed by atoms with E-state index in [0.717, 1.165) is 4.88 Å². The van der Waals surface area contributed by atoms with Crippen molar-refractivity contribution >= 4 is 28.8 Å². The monoisotopic (exact) mass is 351 g/mol. The number of hydrogen-bond donors (Lipinski definition) is 1. The molecule has 3 rings (SSSR count). The molecule has 0 radical (unpaired) electrons. The molecule has 0 aliphatic rings. The summed E-state index contributed by atoms with van der Waals surface area (Å²) in [5.74, 6) is -0.398. The van der Waals surface area contributed by atoms with Crippen molar-refractivity contribution in [3.05, 3.63) is 58.0 Å². The SMILES string of the molecule is O=C(NCCc1nnc(-c2cccs2)o1)c1c(F)cccc1Cl. The lowest BCUT2D eigenvalue weighted by Gasteiger charge is -2.06. The first-order valence-corrected chi connectivity index (χ1v) is 7.99. The summed E-state index contributed by atoms with van der Waals surface area (Å²) >= 11 is 7.34. The minimum absolute atomic E-state index is 0.0697. The smallest absolute Gasteiger partial charge is 0.257 e. The van der Waals surface area contributed by atoms with Crippen LogP contribution in [0.2, 0.25) is 5.02 Å². The average Bonchev–Trinajstić information content (AvgIpc) is 3.18. The number of hydrogen-bond acceptors (Lipinski definition) is 5. The zero-order valence-corrected chi connectivity index (χ0v) is 13.3. The number of halogens is 2. The van der Waals surface area contributed by atoms with Crippen LogP contribution in [0.5, 0.6) is 0 Å². The molecule has 2 aromatic heterocycles. The van der Waals surface area contributed by atoms with Gasteiger partial charge in [-0.3, -0.25) is 4.79 Å². The first-order valence-electron chi connectivity index (χ1n) is 6.73. The van der Waals surface area contributed by atoms with Gasteiger partial charge in [-0.05, 0) is 23.6 Å². The molecule has 2 heterocycles. The van der Waals surface area contributed by atoms with Gasteiger partial charge in [0.1, 0.15) is 5.82 Å². The fraction of sp³-hybridized carbons (Fsp3) is 0.133. The van der Waals surface area contributed by atoms with Crippen molar-refractivity contribution in [2.75, 3.05) is 6.54 Å². The van der Waals surface area contributed by atoms with Crippen LogP contribution in [0.1, 0.15) is 16.2 Å². The molecule has 0 bridgehead atoms. The van der Waals surface area contributed by atoms with Gasteiger partial charge < -0.3 is 9.73 Å². The molecule has 0 aliphatic carbocycles. The molecule has 0 unspecified atom stereocenters. The summed E-state index contributed by atoms with van der Waals surface area (Å²) in [6, 6.07) is 7.86. The average molecular weight is 352 g/mol. The van der Waals surface area contributed by atoms with Gasteiger partial charge in [-0.1, -0.05) is 23.7 Å². The molecule has 3 aromatic rings. The van der Waals surface area contributed by atoms with Gasteiger partial charge in [-0.15, -0.1) is 21.5 Å². The second kappa shape index (κ2) is 6.89. The van der Waals surface area contributed by atoms with E-state index in [0.29, 0.717) is 18.2 Å². The number of carbonyl (C=O) groups is 1. The molecule has 0 saturated heterocycles. The van der Waals surface area contributed by atoms with Crippen molar-refractivity contribution in [1.29, 1.82) is 0 Å². The van der Waals surface area contributed by atoms with Crippen molar-refractivity contribution in [3.63, 3.8) is 0 Å². The summed E-state index contributed by atoms with van der Waals surface area (Å²) in [4.78, 5) is 12.8. The molecule has 8 heteroatoms. The zero-order valence-electron chi connectivity index (χ0n) is 11.8. The first kappa shape index (κ1) is 15.6. The third kappa shape index (κ3) is 3.57. The molecule has 1 aromatic carbocycles. The van der Waals surface area contributed by atoms with E-state index in [1.807, 2.05) is 17.5 Å². The highest BCUT2D eigenvalue weighted by atomic mass is 35.5. The molecule has 0 atom stereocenters. The van der Waals surface area contributed by atoms with Crippen LogP contribution in [0.15, 0.2) is 40.1 Å². The van der Waals surface area contributed by atoms with Crippen LogP contribution in [0.25, 0.3) is 10.8 Å². The Morgan fingerprint density at radius 2 is 2.17 bits per heavy atom. The van der Waals surface area contributed by atoms with E-state index >= 15 is 0 Å². The second-order valence-electron chi connectivity index (χ2n) is 4.58. The molecule has 0 fully saturated rings. The molecular formula is C15H11ClFN3O2S. The first-order chi connectivity index (χ1) is 11.1. The summed E-state index contributed by atoms with van der Waals surface area (Å²) in [7, 11) is 0. The summed E-state index contributed by atoms with van der Waals surface area (Å²) in [6.07, 6.45) is 0.343. The Labute approximate surface area is 140 Å². The molecule has 23 heavy (non-hydrogen) atoms. The van der Waals surface area contributed by atoms with E-state index in [2.05, 4.69) is 15.5 Å². The van der Waals surface area contributed by atoms with Crippen molar-refractivity contribution < 1.29 is 13.6 Å². The third-order valence-electron chi connectivity index (χ3n) is 3.01. The van der Waals surface area contributed by atoms with E-state index in [1.165, 1.54) is 29.5 Å². The summed E-state index contributed by atoms with van der Waals surface area (Å²) in [5, 5.41) is 12.4. The minimum Gasteiger partial charge on any atom is -0.420 e. The maximum absolute atomic E-state index is 13.6. The topological polar surface area (TPSA) is 68.0 Å². The molecule has 0 spiro atoms. The van der Waals surface area contributed by atoms with E-state index in [-0.39, 0.29) is 17.1 Å². The fourth-order valence-electron chi connectivity index (χ4n) is 1.94. The molecule has 0 aliphatic heterocycles. The largest absolute Gasteiger partial charge is 0.420 e. The normalized spacial score (nSPS) is 10.7. The number of carbonyl (C=O) groups excluding carboxylic acids is 1. The van der Waals surface area contributed by atoms with Crippen molar-refractivity contribution in [2.24, 2.45) is 0 Å². The standard InChI is InChI=1S/C15H11ClFN3O2S/c16-9-3-1-4-10(17)13(9)14(21)18-7-6-12-19-20-15(22-12)11-5-2-8-23-11/h1-5,8H,6-7H2,(H,18,21). The zero-order chi connectivity index (χ0) is 16.2. The lowest BCUT2D eigenvalue weighted by Crippen LogP contribution is -2.27. The van der Waals surface area contributed by atoms with Gasteiger partial charge in [0.15, 0.2) is 0 Å². The van der Waals surface area contributed by atoms with Crippen molar-refractivity contribution in [1.82, 2.24) is 15.5 Å². The number of nitrogens with zero attached hydrogens (tertiary/aromatic N) is 2. The van der Waals surface area contributed by atoms with Gasteiger partial charge in [0, 0.05) is 13.0 Å². The number of thiophene rings is 1. The lowest BCUT2D eigenvalue weighted by atomic mass is 10.2. The van der Waals surface area contributed by atoms with Crippen LogP contribution in [0.4, 0.5) is 4.39 Å². The fourth-order valence-corrected chi connectivity index (χ4v) is 2.83. The number of rotatable bonds is 5. The number of nitrogens with one attached hydrogen (secondary N) is 1. The summed E-state index contributed by atoms with van der Waals surface area (Å²) in [5.41, 5.74) is -0.168. The maximum Gasteiger partial charge on any atom is 0.257 e. The highest BCUT2D eigenvalue weighted by Crippen LogP contribution is 2.23. The number of benzene rings is 1. The van der Waals surface area contributed by atoms with E-state index in [9.17, 15) is 9.18 Å². The minimum atomic E-state index is -0.659. The van der Waals surface area contributed by atoms with Gasteiger partial charge in [0.2, 0.25) is 5.89 Å². The molecule has 0 saturated carbocycles. The Morgan fingerprint density at radius 3 is 2.91 bits per heavy atom. The number of amides is 1. The summed E-state index contributed by atoms with van der Waals surface area (Å²) < 4.78 is 19.1. The lowest BCUT2D eigenvalue weighted by molar-refractivity contribution is 0.0950. The van der Waals surface area contributed by atoms with Crippen LogP contribution in [0, 0.1) is 5.82 Å². The van der Waals surface area contributed by atoms with Crippen molar-refractivity contribution in [2.45, 2.75) is 6.42 Å². The van der Waals surface area contributed by atoms with Gasteiger partial charge in [-0.25, -0.2) is 4.39 Å². The van der Waals surface area contributed by atoms with Gasteiger partial charge in [0.25, 0.3) is 11.8 Å². The predicted molar refractivity (Wildman–Crippen MR) is 85.1 cm³/mol. The number of aromatic nitrogens is 2. The van der Waals surface area contributed by atoms with E-state index in [4.69, 9.17) is 16.0 Å². The van der Waals surface area contributed by atoms with E-state index < -0.39 is 11.7 Å². The van der Waals surface area contributed by atoms with Crippen LogP contribution in [-0.2, 0) is 6.42 Å². The van der Waals surface area contributed by atoms with Gasteiger partial charge in [0.05, 0.1) is 15.5 Å².